The Morgan fingerprint density at radius 3 is 2.69 bits per heavy atom. The van der Waals surface area contributed by atoms with Gasteiger partial charge in [0.05, 0.1) is 0 Å². The molecule has 0 amide bonds. The van der Waals surface area contributed by atoms with E-state index in [1.807, 2.05) is 6.92 Å². The summed E-state index contributed by atoms with van der Waals surface area (Å²) >= 11 is 0. The van der Waals surface area contributed by atoms with Gasteiger partial charge in [0, 0.05) is 6.54 Å². The third-order valence-electron chi connectivity index (χ3n) is 2.57. The number of aliphatic carboxylic acids is 1. The monoisotopic (exact) mass is 225 g/mol. The highest BCUT2D eigenvalue weighted by atomic mass is 19.1. The van der Waals surface area contributed by atoms with E-state index in [9.17, 15) is 9.18 Å². The summed E-state index contributed by atoms with van der Waals surface area (Å²) in [6, 6.07) is 4.49. The molecule has 0 aliphatic heterocycles. The predicted octanol–water partition coefficient (Wildman–Crippen LogP) is 2.09. The smallest absolute Gasteiger partial charge is 0.323 e. The number of carboxylic acids is 1. The Labute approximate surface area is 94.3 Å². The summed E-state index contributed by atoms with van der Waals surface area (Å²) in [7, 11) is 0. The molecule has 0 saturated heterocycles. The lowest BCUT2D eigenvalue weighted by Gasteiger charge is -2.21. The highest BCUT2D eigenvalue weighted by Gasteiger charge is 2.26. The van der Waals surface area contributed by atoms with E-state index in [2.05, 4.69) is 5.32 Å². The minimum atomic E-state index is -1.02. The molecule has 1 rings (SSSR count). The van der Waals surface area contributed by atoms with E-state index >= 15 is 0 Å². The summed E-state index contributed by atoms with van der Waals surface area (Å²) in [6.45, 7) is 5.35. The van der Waals surface area contributed by atoms with E-state index < -0.39 is 11.5 Å². The first-order valence-electron chi connectivity index (χ1n) is 5.06. The highest BCUT2D eigenvalue weighted by Crippen LogP contribution is 2.12. The number of hydrogen-bond acceptors (Lipinski definition) is 2. The van der Waals surface area contributed by atoms with E-state index in [0.29, 0.717) is 6.54 Å². The minimum absolute atomic E-state index is 0.310. The fraction of sp³-hybridized carbons (Fsp3) is 0.417. The Morgan fingerprint density at radius 2 is 2.12 bits per heavy atom. The summed E-state index contributed by atoms with van der Waals surface area (Å²) in [6.07, 6.45) is 0. The summed E-state index contributed by atoms with van der Waals surface area (Å²) in [5.41, 5.74) is 0.697. The topological polar surface area (TPSA) is 49.3 Å². The van der Waals surface area contributed by atoms with Gasteiger partial charge in [-0.15, -0.1) is 0 Å². The van der Waals surface area contributed by atoms with Crippen LogP contribution in [0.4, 0.5) is 4.39 Å². The first-order chi connectivity index (χ1) is 7.33. The van der Waals surface area contributed by atoms with E-state index in [-0.39, 0.29) is 5.82 Å². The SMILES string of the molecule is Cc1ccc(F)cc1CNC(C)(C)C(=O)O. The zero-order valence-corrected chi connectivity index (χ0v) is 9.67. The molecule has 3 nitrogen and oxygen atoms in total. The fourth-order valence-corrected chi connectivity index (χ4v) is 1.22. The van der Waals surface area contributed by atoms with Crippen LogP contribution < -0.4 is 5.32 Å². The Morgan fingerprint density at radius 1 is 1.50 bits per heavy atom. The lowest BCUT2D eigenvalue weighted by Crippen LogP contribution is -2.46. The zero-order valence-electron chi connectivity index (χ0n) is 9.67. The van der Waals surface area contributed by atoms with Crippen LogP contribution in [0.2, 0.25) is 0 Å². The molecular weight excluding hydrogens is 209 g/mol. The Hall–Kier alpha value is -1.42. The van der Waals surface area contributed by atoms with Gasteiger partial charge >= 0.3 is 5.97 Å². The van der Waals surface area contributed by atoms with E-state index in [0.717, 1.165) is 11.1 Å². The number of halogens is 1. The van der Waals surface area contributed by atoms with Crippen LogP contribution in [0.5, 0.6) is 0 Å². The van der Waals surface area contributed by atoms with Gasteiger partial charge in [-0.25, -0.2) is 4.39 Å². The molecule has 0 unspecified atom stereocenters. The van der Waals surface area contributed by atoms with Crippen molar-refractivity contribution in [2.24, 2.45) is 0 Å². The molecule has 16 heavy (non-hydrogen) atoms. The third kappa shape index (κ3) is 3.03. The molecule has 1 aromatic carbocycles. The molecule has 1 aromatic rings. The van der Waals surface area contributed by atoms with Gasteiger partial charge in [0.15, 0.2) is 0 Å². The largest absolute Gasteiger partial charge is 0.480 e. The van der Waals surface area contributed by atoms with Crippen molar-refractivity contribution in [3.63, 3.8) is 0 Å². The summed E-state index contributed by atoms with van der Waals surface area (Å²) < 4.78 is 13.0. The Bertz CT molecular complexity index is 402. The molecule has 0 atom stereocenters. The number of hydrogen-bond donors (Lipinski definition) is 2. The van der Waals surface area contributed by atoms with Gasteiger partial charge < -0.3 is 5.11 Å². The number of nitrogens with one attached hydrogen (secondary N) is 1. The van der Waals surface area contributed by atoms with Crippen LogP contribution in [-0.2, 0) is 11.3 Å². The van der Waals surface area contributed by atoms with E-state index in [4.69, 9.17) is 5.11 Å². The normalized spacial score (nSPS) is 11.5. The van der Waals surface area contributed by atoms with Crippen molar-refractivity contribution in [2.45, 2.75) is 32.9 Å². The minimum Gasteiger partial charge on any atom is -0.480 e. The molecule has 0 radical (unpaired) electrons. The second-order valence-electron chi connectivity index (χ2n) is 4.35. The maximum atomic E-state index is 13.0. The maximum absolute atomic E-state index is 13.0. The maximum Gasteiger partial charge on any atom is 0.323 e. The van der Waals surface area contributed by atoms with Gasteiger partial charge in [-0.3, -0.25) is 10.1 Å². The molecule has 4 heteroatoms. The highest BCUT2D eigenvalue weighted by molar-refractivity contribution is 5.77. The van der Waals surface area contributed by atoms with E-state index in [1.54, 1.807) is 19.9 Å². The Balaban J connectivity index is 2.75. The van der Waals surface area contributed by atoms with Crippen LogP contribution in [0, 0.1) is 12.7 Å². The van der Waals surface area contributed by atoms with Gasteiger partial charge in [0.2, 0.25) is 0 Å². The molecule has 0 spiro atoms. The predicted molar refractivity (Wildman–Crippen MR) is 59.7 cm³/mol. The molecule has 0 aliphatic rings. The summed E-state index contributed by atoms with van der Waals surface area (Å²) in [5, 5.41) is 11.8. The molecule has 0 heterocycles. The molecule has 88 valence electrons. The van der Waals surface area contributed by atoms with Gasteiger partial charge in [-0.2, -0.15) is 0 Å². The lowest BCUT2D eigenvalue weighted by atomic mass is 10.0. The van der Waals surface area contributed by atoms with Crippen molar-refractivity contribution in [1.82, 2.24) is 5.32 Å². The summed E-state index contributed by atoms with van der Waals surface area (Å²) in [4.78, 5) is 10.9. The second-order valence-corrected chi connectivity index (χ2v) is 4.35. The first-order valence-corrected chi connectivity index (χ1v) is 5.06. The van der Waals surface area contributed by atoms with Crippen molar-refractivity contribution in [3.8, 4) is 0 Å². The quantitative estimate of drug-likeness (QED) is 0.824. The van der Waals surface area contributed by atoms with Crippen molar-refractivity contribution in [1.29, 1.82) is 0 Å². The molecule has 0 aliphatic carbocycles. The van der Waals surface area contributed by atoms with Gasteiger partial charge in [-0.05, 0) is 44.0 Å². The van der Waals surface area contributed by atoms with Crippen LogP contribution in [-0.4, -0.2) is 16.6 Å². The van der Waals surface area contributed by atoms with Gasteiger partial charge in [-0.1, -0.05) is 6.07 Å². The Kier molecular flexibility index (Phi) is 3.65. The number of carbonyl (C=O) groups is 1. The van der Waals surface area contributed by atoms with E-state index in [1.165, 1.54) is 12.1 Å². The second kappa shape index (κ2) is 4.61. The van der Waals surface area contributed by atoms with Gasteiger partial charge in [0.25, 0.3) is 0 Å². The standard InChI is InChI=1S/C12H16FNO2/c1-8-4-5-10(13)6-9(8)7-14-12(2,3)11(15)16/h4-6,14H,7H2,1-3H3,(H,15,16). The molecule has 0 saturated carbocycles. The van der Waals surface area contributed by atoms with Crippen molar-refractivity contribution < 1.29 is 14.3 Å². The van der Waals surface area contributed by atoms with Crippen LogP contribution >= 0.6 is 0 Å². The molecule has 0 fully saturated rings. The van der Waals surface area contributed by atoms with Crippen molar-refractivity contribution in [3.05, 3.63) is 35.1 Å². The van der Waals surface area contributed by atoms with Crippen molar-refractivity contribution >= 4 is 5.97 Å². The number of aryl methyl sites for hydroxylation is 1. The third-order valence-corrected chi connectivity index (χ3v) is 2.57. The molecule has 0 bridgehead atoms. The number of rotatable bonds is 4. The van der Waals surface area contributed by atoms with Gasteiger partial charge in [0.1, 0.15) is 11.4 Å². The zero-order chi connectivity index (χ0) is 12.3. The van der Waals surface area contributed by atoms with Crippen LogP contribution in [0.15, 0.2) is 18.2 Å². The molecular formula is C12H16FNO2. The average molecular weight is 225 g/mol. The molecule has 2 N–H and O–H groups in total. The average Bonchev–Trinajstić information content (AvgIpc) is 2.19. The van der Waals surface area contributed by atoms with Crippen LogP contribution in [0.25, 0.3) is 0 Å². The van der Waals surface area contributed by atoms with Crippen LogP contribution in [0.3, 0.4) is 0 Å². The van der Waals surface area contributed by atoms with Crippen LogP contribution in [0.1, 0.15) is 25.0 Å². The molecule has 0 aromatic heterocycles. The first kappa shape index (κ1) is 12.6. The number of benzene rings is 1. The lowest BCUT2D eigenvalue weighted by molar-refractivity contribution is -0.143. The summed E-state index contributed by atoms with van der Waals surface area (Å²) in [5.74, 6) is -1.24. The fourth-order valence-electron chi connectivity index (χ4n) is 1.22. The van der Waals surface area contributed by atoms with Crippen molar-refractivity contribution in [2.75, 3.05) is 0 Å². The number of carboxylic acid groups (broad SMARTS) is 1.